The van der Waals surface area contributed by atoms with Crippen LogP contribution in [0.15, 0.2) is 75.9 Å². The molecule has 0 saturated heterocycles. The molecule has 332 valence electrons. The van der Waals surface area contributed by atoms with Gasteiger partial charge in [-0.15, -0.1) is 0 Å². The Hall–Kier alpha value is -5.10. The molecule has 0 spiro atoms. The van der Waals surface area contributed by atoms with E-state index in [1.54, 1.807) is 0 Å². The number of aliphatic hydroxyl groups is 6. The van der Waals surface area contributed by atoms with E-state index in [-0.39, 0.29) is 26.4 Å². The van der Waals surface area contributed by atoms with Crippen molar-refractivity contribution in [2.45, 2.75) is 36.6 Å². The highest BCUT2D eigenvalue weighted by molar-refractivity contribution is 5.83. The predicted octanol–water partition coefficient (Wildman–Crippen LogP) is -2.45. The first-order valence-corrected chi connectivity index (χ1v) is 17.5. The summed E-state index contributed by atoms with van der Waals surface area (Å²) in [6, 6.07) is 0. The summed E-state index contributed by atoms with van der Waals surface area (Å²) >= 11 is 0. The molecule has 6 N–H and O–H groups in total. The Balaban J connectivity index is 6.07. The van der Waals surface area contributed by atoms with Crippen LogP contribution in [0.4, 0.5) is 0 Å². The summed E-state index contributed by atoms with van der Waals surface area (Å²) in [5, 5.41) is 67.0. The van der Waals surface area contributed by atoms with Crippen molar-refractivity contribution in [2.24, 2.45) is 10.8 Å². The van der Waals surface area contributed by atoms with Gasteiger partial charge in [-0.1, -0.05) is 39.5 Å². The highest BCUT2D eigenvalue weighted by Gasteiger charge is 2.53. The second-order valence-electron chi connectivity index (χ2n) is 12.0. The third-order valence-electron chi connectivity index (χ3n) is 8.47. The lowest BCUT2D eigenvalue weighted by atomic mass is 9.73. The smallest absolute Gasteiger partial charge is 0.330 e. The van der Waals surface area contributed by atoms with Gasteiger partial charge in [0.2, 0.25) is 0 Å². The van der Waals surface area contributed by atoms with E-state index in [2.05, 4.69) is 39.5 Å². The van der Waals surface area contributed by atoms with Gasteiger partial charge in [-0.25, -0.2) is 28.8 Å². The standard InChI is InChI=1S/C38H54O21/c1-7-31(45)54-17-25(39)37(26(40)18-55-32(46)8-2,27(41)19-56-33(47)9-3)23-52-15-13-51-14-16-53-24-38(28(42)20-57-34(48)10-4,29(43)21-58-35(49)11-5)30(44)22-59-36(50)12-6/h7-12,25-30,39-44H,1-6,13-24H2. The Kier molecular flexibility index (Phi) is 26.6. The lowest BCUT2D eigenvalue weighted by molar-refractivity contribution is -0.210. The molecule has 0 saturated carbocycles. The SMILES string of the molecule is C=CC(=O)OCC(O)C(COCCOCCOCC(C(O)COC(=O)C=C)(C(O)COC(=O)C=C)C(O)COC(=O)C=C)(C(O)COC(=O)C=C)C(O)COC(=O)C=C. The van der Waals surface area contributed by atoms with Crippen molar-refractivity contribution in [1.29, 1.82) is 0 Å². The van der Waals surface area contributed by atoms with E-state index in [1.165, 1.54) is 0 Å². The van der Waals surface area contributed by atoms with E-state index in [0.29, 0.717) is 0 Å². The van der Waals surface area contributed by atoms with E-state index in [0.717, 1.165) is 36.5 Å². The summed E-state index contributed by atoms with van der Waals surface area (Å²) in [5.41, 5.74) is -4.53. The maximum absolute atomic E-state index is 11.8. The van der Waals surface area contributed by atoms with Gasteiger partial charge >= 0.3 is 35.8 Å². The lowest BCUT2D eigenvalue weighted by Crippen LogP contribution is -2.61. The molecule has 0 aromatic rings. The minimum absolute atomic E-state index is 0.240. The molecule has 0 aromatic carbocycles. The van der Waals surface area contributed by atoms with E-state index >= 15 is 0 Å². The van der Waals surface area contributed by atoms with Crippen LogP contribution in [0.5, 0.6) is 0 Å². The highest BCUT2D eigenvalue weighted by Crippen LogP contribution is 2.35. The van der Waals surface area contributed by atoms with Crippen molar-refractivity contribution in [3.8, 4) is 0 Å². The molecule has 21 heteroatoms. The zero-order valence-corrected chi connectivity index (χ0v) is 32.5. The first-order valence-electron chi connectivity index (χ1n) is 17.5. The number of carbonyl (C=O) groups is 6. The summed E-state index contributed by atoms with van der Waals surface area (Å²) in [6.07, 6.45) is -6.98. The van der Waals surface area contributed by atoms with Gasteiger partial charge in [-0.05, 0) is 0 Å². The Morgan fingerprint density at radius 1 is 0.356 bits per heavy atom. The van der Waals surface area contributed by atoms with Crippen LogP contribution in [0.3, 0.4) is 0 Å². The van der Waals surface area contributed by atoms with Crippen LogP contribution in [0.1, 0.15) is 0 Å². The number of carbonyl (C=O) groups excluding carboxylic acids is 6. The van der Waals surface area contributed by atoms with E-state index < -0.39 is 136 Å². The van der Waals surface area contributed by atoms with Crippen LogP contribution < -0.4 is 0 Å². The van der Waals surface area contributed by atoms with E-state index in [9.17, 15) is 59.4 Å². The van der Waals surface area contributed by atoms with E-state index in [1.807, 2.05) is 0 Å². The van der Waals surface area contributed by atoms with Crippen molar-refractivity contribution in [3.63, 3.8) is 0 Å². The molecule has 59 heavy (non-hydrogen) atoms. The number of esters is 6. The number of hydrogen-bond acceptors (Lipinski definition) is 21. The summed E-state index contributed by atoms with van der Waals surface area (Å²) in [7, 11) is 0. The molecule has 6 unspecified atom stereocenters. The van der Waals surface area contributed by atoms with Gasteiger partial charge in [0.25, 0.3) is 0 Å². The van der Waals surface area contributed by atoms with Crippen molar-refractivity contribution < 1.29 is 102 Å². The first kappa shape index (κ1) is 53.9. The fourth-order valence-electron chi connectivity index (χ4n) is 5.00. The molecule has 0 rings (SSSR count). The van der Waals surface area contributed by atoms with E-state index in [4.69, 9.17) is 42.6 Å². The average molecular weight is 847 g/mol. The van der Waals surface area contributed by atoms with Crippen molar-refractivity contribution >= 4 is 35.8 Å². The maximum Gasteiger partial charge on any atom is 0.330 e. The normalized spacial score (nSPS) is 16.0. The molecule has 0 aliphatic carbocycles. The zero-order chi connectivity index (χ0) is 45.0. The van der Waals surface area contributed by atoms with Gasteiger partial charge in [-0.3, -0.25) is 0 Å². The van der Waals surface area contributed by atoms with Gasteiger partial charge in [0.1, 0.15) is 76.3 Å². The van der Waals surface area contributed by atoms with Crippen molar-refractivity contribution in [1.82, 2.24) is 0 Å². The quantitative estimate of drug-likeness (QED) is 0.0169. The molecule has 0 aliphatic heterocycles. The van der Waals surface area contributed by atoms with Gasteiger partial charge in [0.15, 0.2) is 0 Å². The number of ether oxygens (including phenoxy) is 9. The highest BCUT2D eigenvalue weighted by atomic mass is 16.6. The Morgan fingerprint density at radius 3 is 0.695 bits per heavy atom. The average Bonchev–Trinajstić information content (AvgIpc) is 3.24. The third kappa shape index (κ3) is 18.1. The summed E-state index contributed by atoms with van der Waals surface area (Å²) in [4.78, 5) is 70.5. The lowest BCUT2D eigenvalue weighted by Gasteiger charge is -2.44. The van der Waals surface area contributed by atoms with Crippen LogP contribution in [0.2, 0.25) is 0 Å². The molecular formula is C38H54O21. The fourth-order valence-corrected chi connectivity index (χ4v) is 5.00. The van der Waals surface area contributed by atoms with Crippen LogP contribution in [0, 0.1) is 10.8 Å². The Bertz CT molecular complexity index is 1170. The topological polar surface area (TPSA) is 307 Å². The van der Waals surface area contributed by atoms with Crippen LogP contribution in [-0.4, -0.2) is 182 Å². The van der Waals surface area contributed by atoms with Crippen LogP contribution >= 0.6 is 0 Å². The molecule has 0 aliphatic rings. The maximum atomic E-state index is 11.8. The summed E-state index contributed by atoms with van der Waals surface area (Å²) in [6.45, 7) is 11.8. The molecule has 0 fully saturated rings. The molecular weight excluding hydrogens is 792 g/mol. The van der Waals surface area contributed by atoms with Gasteiger partial charge < -0.3 is 73.3 Å². The second kappa shape index (κ2) is 29.2. The third-order valence-corrected chi connectivity index (χ3v) is 8.47. The van der Waals surface area contributed by atoms with Crippen LogP contribution in [0.25, 0.3) is 0 Å². The fraction of sp³-hybridized carbons (Fsp3) is 0.526. The molecule has 0 radical (unpaired) electrons. The molecule has 6 atom stereocenters. The first-order chi connectivity index (χ1) is 28.0. The molecule has 0 bridgehead atoms. The van der Waals surface area contributed by atoms with Crippen molar-refractivity contribution in [2.75, 3.05) is 79.3 Å². The summed E-state index contributed by atoms with van der Waals surface area (Å²) in [5.74, 6) is -5.87. The number of aliphatic hydroxyl groups excluding tert-OH is 6. The Labute approximate surface area is 340 Å². The molecule has 0 heterocycles. The molecule has 21 nitrogen and oxygen atoms in total. The number of rotatable bonds is 34. The van der Waals surface area contributed by atoms with Gasteiger partial charge in [0, 0.05) is 36.5 Å². The molecule has 0 amide bonds. The van der Waals surface area contributed by atoms with Gasteiger partial charge in [0.05, 0.1) is 50.5 Å². The predicted molar refractivity (Wildman–Crippen MR) is 200 cm³/mol. The second-order valence-corrected chi connectivity index (χ2v) is 12.0. The number of hydrogen-bond donors (Lipinski definition) is 6. The van der Waals surface area contributed by atoms with Gasteiger partial charge in [-0.2, -0.15) is 0 Å². The monoisotopic (exact) mass is 846 g/mol. The largest absolute Gasteiger partial charge is 0.460 e. The van der Waals surface area contributed by atoms with Crippen molar-refractivity contribution in [3.05, 3.63) is 75.9 Å². The minimum Gasteiger partial charge on any atom is -0.460 e. The zero-order valence-electron chi connectivity index (χ0n) is 32.5. The molecule has 0 aromatic heterocycles. The van der Waals surface area contributed by atoms with Crippen LogP contribution in [-0.2, 0) is 71.4 Å². The Morgan fingerprint density at radius 2 is 0.525 bits per heavy atom. The minimum atomic E-state index is -2.26. The summed E-state index contributed by atoms with van der Waals surface area (Å²) < 4.78 is 46.1.